The number of likely N-dealkylation sites (tertiary alicyclic amines) is 1. The van der Waals surface area contributed by atoms with Crippen LogP contribution in [0.1, 0.15) is 35.4 Å². The Morgan fingerprint density at radius 2 is 1.93 bits per heavy atom. The van der Waals surface area contributed by atoms with Gasteiger partial charge in [-0.25, -0.2) is 4.79 Å². The first-order valence-corrected chi connectivity index (χ1v) is 9.19. The number of ether oxygens (including phenoxy) is 1. The third kappa shape index (κ3) is 4.87. The van der Waals surface area contributed by atoms with Crippen molar-refractivity contribution in [1.82, 2.24) is 15.4 Å². The van der Waals surface area contributed by atoms with Crippen LogP contribution in [-0.4, -0.2) is 35.1 Å². The lowest BCUT2D eigenvalue weighted by molar-refractivity contribution is -0.126. The van der Waals surface area contributed by atoms with Gasteiger partial charge in [0.05, 0.1) is 5.69 Å². The van der Waals surface area contributed by atoms with Gasteiger partial charge < -0.3 is 19.5 Å². The van der Waals surface area contributed by atoms with Crippen LogP contribution < -0.4 is 5.32 Å². The molecule has 144 valence electrons. The average molecular weight is 371 g/mol. The van der Waals surface area contributed by atoms with Gasteiger partial charge in [0.2, 0.25) is 5.91 Å². The molecule has 1 aliphatic rings. The summed E-state index contributed by atoms with van der Waals surface area (Å²) in [5.41, 5.74) is 2.67. The number of aromatic nitrogens is 1. The summed E-state index contributed by atoms with van der Waals surface area (Å²) >= 11 is 0. The summed E-state index contributed by atoms with van der Waals surface area (Å²) in [6.45, 7) is 5.42. The van der Waals surface area contributed by atoms with Crippen molar-refractivity contribution in [2.75, 3.05) is 13.1 Å². The first-order chi connectivity index (χ1) is 13.0. The number of hydrogen-bond donors (Lipinski definition) is 1. The number of carbonyl (C=O) groups is 2. The second-order valence-electron chi connectivity index (χ2n) is 6.82. The van der Waals surface area contributed by atoms with E-state index in [-0.39, 0.29) is 24.5 Å². The fourth-order valence-electron chi connectivity index (χ4n) is 3.21. The third-order valence-electron chi connectivity index (χ3n) is 4.95. The molecule has 2 amide bonds. The molecular formula is C20H25N3O4. The quantitative estimate of drug-likeness (QED) is 0.873. The lowest BCUT2D eigenvalue weighted by Crippen LogP contribution is -2.43. The maximum Gasteiger partial charge on any atom is 0.410 e. The molecule has 27 heavy (non-hydrogen) atoms. The Bertz CT molecular complexity index is 760. The van der Waals surface area contributed by atoms with Crippen LogP contribution in [0.3, 0.4) is 0 Å². The van der Waals surface area contributed by atoms with E-state index in [0.29, 0.717) is 32.5 Å². The van der Waals surface area contributed by atoms with E-state index >= 15 is 0 Å². The highest BCUT2D eigenvalue weighted by molar-refractivity contribution is 5.79. The molecule has 1 saturated heterocycles. The SMILES string of the molecule is Cc1noc(C)c1CNC(=O)C1CCN(C(=O)OCc2ccccc2)CC1. The van der Waals surface area contributed by atoms with Gasteiger partial charge in [0.25, 0.3) is 0 Å². The van der Waals surface area contributed by atoms with Crippen molar-refractivity contribution in [3.63, 3.8) is 0 Å². The summed E-state index contributed by atoms with van der Waals surface area (Å²) < 4.78 is 10.5. The average Bonchev–Trinajstić information content (AvgIpc) is 3.02. The number of aryl methyl sites for hydroxylation is 2. The van der Waals surface area contributed by atoms with E-state index in [0.717, 1.165) is 22.6 Å². The minimum Gasteiger partial charge on any atom is -0.445 e. The molecular weight excluding hydrogens is 346 g/mol. The summed E-state index contributed by atoms with van der Waals surface area (Å²) in [5.74, 6) is 0.639. The van der Waals surface area contributed by atoms with Gasteiger partial charge >= 0.3 is 6.09 Å². The lowest BCUT2D eigenvalue weighted by atomic mass is 9.96. The van der Waals surface area contributed by atoms with Gasteiger partial charge in [-0.15, -0.1) is 0 Å². The van der Waals surface area contributed by atoms with E-state index in [1.165, 1.54) is 0 Å². The van der Waals surface area contributed by atoms with Crippen LogP contribution in [0.5, 0.6) is 0 Å². The largest absolute Gasteiger partial charge is 0.445 e. The Hall–Kier alpha value is -2.83. The molecule has 1 aromatic carbocycles. The van der Waals surface area contributed by atoms with Crippen LogP contribution in [0, 0.1) is 19.8 Å². The molecule has 0 atom stereocenters. The van der Waals surface area contributed by atoms with E-state index < -0.39 is 0 Å². The van der Waals surface area contributed by atoms with E-state index in [2.05, 4.69) is 10.5 Å². The second kappa shape index (κ2) is 8.70. The van der Waals surface area contributed by atoms with Crippen LogP contribution in [0.2, 0.25) is 0 Å². The number of piperidine rings is 1. The number of nitrogens with zero attached hydrogens (tertiary/aromatic N) is 2. The van der Waals surface area contributed by atoms with Gasteiger partial charge in [0.15, 0.2) is 0 Å². The minimum atomic E-state index is -0.326. The predicted molar refractivity (Wildman–Crippen MR) is 98.7 cm³/mol. The molecule has 2 heterocycles. The summed E-state index contributed by atoms with van der Waals surface area (Å²) in [6, 6.07) is 9.59. The number of amides is 2. The Morgan fingerprint density at radius 1 is 1.22 bits per heavy atom. The van der Waals surface area contributed by atoms with Crippen LogP contribution in [0.4, 0.5) is 4.79 Å². The molecule has 7 heteroatoms. The van der Waals surface area contributed by atoms with E-state index in [4.69, 9.17) is 9.26 Å². The fraction of sp³-hybridized carbons (Fsp3) is 0.450. The molecule has 0 saturated carbocycles. The van der Waals surface area contributed by atoms with Crippen molar-refractivity contribution in [3.8, 4) is 0 Å². The first kappa shape index (κ1) is 18.9. The molecule has 7 nitrogen and oxygen atoms in total. The van der Waals surface area contributed by atoms with Crippen LogP contribution >= 0.6 is 0 Å². The maximum atomic E-state index is 12.4. The van der Waals surface area contributed by atoms with Crippen molar-refractivity contribution in [3.05, 3.63) is 52.9 Å². The zero-order chi connectivity index (χ0) is 19.2. The first-order valence-electron chi connectivity index (χ1n) is 9.19. The van der Waals surface area contributed by atoms with Crippen molar-refractivity contribution in [2.24, 2.45) is 5.92 Å². The second-order valence-corrected chi connectivity index (χ2v) is 6.82. The predicted octanol–water partition coefficient (Wildman–Crippen LogP) is 2.96. The summed E-state index contributed by atoms with van der Waals surface area (Å²) in [4.78, 5) is 26.3. The number of benzene rings is 1. The molecule has 0 aliphatic carbocycles. The molecule has 1 aromatic heterocycles. The van der Waals surface area contributed by atoms with Gasteiger partial charge in [-0.1, -0.05) is 35.5 Å². The van der Waals surface area contributed by atoms with Crippen molar-refractivity contribution in [2.45, 2.75) is 39.8 Å². The summed E-state index contributed by atoms with van der Waals surface area (Å²) in [5, 5.41) is 6.84. The van der Waals surface area contributed by atoms with Crippen LogP contribution in [0.25, 0.3) is 0 Å². The number of carbonyl (C=O) groups excluding carboxylic acids is 2. The molecule has 0 spiro atoms. The minimum absolute atomic E-state index is 0.00676. The third-order valence-corrected chi connectivity index (χ3v) is 4.95. The molecule has 1 aliphatic heterocycles. The Morgan fingerprint density at radius 3 is 2.56 bits per heavy atom. The van der Waals surface area contributed by atoms with Gasteiger partial charge in [-0.05, 0) is 32.3 Å². The topological polar surface area (TPSA) is 84.7 Å². The molecule has 1 fully saturated rings. The van der Waals surface area contributed by atoms with Gasteiger partial charge in [-0.2, -0.15) is 0 Å². The highest BCUT2D eigenvalue weighted by Gasteiger charge is 2.28. The van der Waals surface area contributed by atoms with E-state index in [1.54, 1.807) is 4.90 Å². The highest BCUT2D eigenvalue weighted by Crippen LogP contribution is 2.19. The fourth-order valence-corrected chi connectivity index (χ4v) is 3.21. The molecule has 0 unspecified atom stereocenters. The Labute approximate surface area is 158 Å². The summed E-state index contributed by atoms with van der Waals surface area (Å²) in [6.07, 6.45) is 0.940. The molecule has 0 radical (unpaired) electrons. The Kier molecular flexibility index (Phi) is 6.11. The van der Waals surface area contributed by atoms with Crippen molar-refractivity contribution in [1.29, 1.82) is 0 Å². The lowest BCUT2D eigenvalue weighted by Gasteiger charge is -2.30. The van der Waals surface area contributed by atoms with Crippen molar-refractivity contribution < 1.29 is 18.8 Å². The maximum absolute atomic E-state index is 12.4. The molecule has 0 bridgehead atoms. The highest BCUT2D eigenvalue weighted by atomic mass is 16.6. The molecule has 3 rings (SSSR count). The monoisotopic (exact) mass is 371 g/mol. The molecule has 2 aromatic rings. The van der Waals surface area contributed by atoms with Crippen LogP contribution in [-0.2, 0) is 22.7 Å². The van der Waals surface area contributed by atoms with Crippen LogP contribution in [0.15, 0.2) is 34.9 Å². The van der Waals surface area contributed by atoms with E-state index in [1.807, 2.05) is 44.2 Å². The smallest absolute Gasteiger partial charge is 0.410 e. The Balaban J connectivity index is 1.41. The molecule has 1 N–H and O–H groups in total. The zero-order valence-electron chi connectivity index (χ0n) is 15.7. The van der Waals surface area contributed by atoms with Gasteiger partial charge in [0.1, 0.15) is 12.4 Å². The normalized spacial score (nSPS) is 14.8. The van der Waals surface area contributed by atoms with Gasteiger partial charge in [-0.3, -0.25) is 4.79 Å². The zero-order valence-corrected chi connectivity index (χ0v) is 15.7. The standard InChI is InChI=1S/C20H25N3O4/c1-14-18(15(2)27-22-14)12-21-19(24)17-8-10-23(11-9-17)20(25)26-13-16-6-4-3-5-7-16/h3-7,17H,8-13H2,1-2H3,(H,21,24). The van der Waals surface area contributed by atoms with E-state index in [9.17, 15) is 9.59 Å². The summed E-state index contributed by atoms with van der Waals surface area (Å²) in [7, 11) is 0. The number of rotatable bonds is 5. The number of hydrogen-bond acceptors (Lipinski definition) is 5. The number of nitrogens with one attached hydrogen (secondary N) is 1. The van der Waals surface area contributed by atoms with Crippen molar-refractivity contribution >= 4 is 12.0 Å². The van der Waals surface area contributed by atoms with Gasteiger partial charge in [0, 0.05) is 31.1 Å².